The molecule has 0 spiro atoms. The summed E-state index contributed by atoms with van der Waals surface area (Å²) >= 11 is 0. The molecule has 3 N–H and O–H groups in total. The van der Waals surface area contributed by atoms with Crippen LogP contribution in [-0.2, 0) is 42.9 Å². The van der Waals surface area contributed by atoms with E-state index in [1.807, 2.05) is 12.2 Å². The van der Waals surface area contributed by atoms with Crippen LogP contribution in [0.5, 0.6) is 0 Å². The van der Waals surface area contributed by atoms with Crippen molar-refractivity contribution in [3.63, 3.8) is 0 Å². The van der Waals surface area contributed by atoms with Gasteiger partial charge in [0, 0.05) is 19.3 Å². The Balaban J connectivity index is 2.67. The molecule has 12 nitrogen and oxygen atoms in total. The fourth-order valence-electron chi connectivity index (χ4n) is 10.2. The van der Waals surface area contributed by atoms with Crippen molar-refractivity contribution in [2.24, 2.45) is 0 Å². The molecule has 1 heterocycles. The van der Waals surface area contributed by atoms with Crippen LogP contribution in [0.15, 0.2) is 72.9 Å². The maximum Gasteiger partial charge on any atom is 0.335 e. The van der Waals surface area contributed by atoms with E-state index >= 15 is 0 Å². The molecule has 83 heavy (non-hydrogen) atoms. The molecule has 0 amide bonds. The van der Waals surface area contributed by atoms with Crippen LogP contribution >= 0.6 is 0 Å². The maximum absolute atomic E-state index is 13.2. The van der Waals surface area contributed by atoms with Crippen LogP contribution in [0.1, 0.15) is 303 Å². The predicted molar refractivity (Wildman–Crippen MR) is 340 cm³/mol. The minimum atomic E-state index is -1.91. The zero-order valence-electron chi connectivity index (χ0n) is 52.9. The van der Waals surface area contributed by atoms with E-state index in [0.29, 0.717) is 19.3 Å². The second-order valence-electron chi connectivity index (χ2n) is 23.1. The van der Waals surface area contributed by atoms with E-state index in [2.05, 4.69) is 81.5 Å². The molecule has 0 bridgehead atoms. The number of carboxylic acids is 1. The van der Waals surface area contributed by atoms with Crippen LogP contribution in [0.4, 0.5) is 0 Å². The Bertz CT molecular complexity index is 1720. The van der Waals surface area contributed by atoms with Crippen molar-refractivity contribution in [3.05, 3.63) is 72.9 Å². The van der Waals surface area contributed by atoms with Crippen molar-refractivity contribution in [3.8, 4) is 0 Å². The van der Waals surface area contributed by atoms with Crippen molar-refractivity contribution in [2.45, 2.75) is 340 Å². The standard InChI is InChI=1S/C71H122O12/c1-4-7-10-13-16-19-22-25-28-30-32-34-37-39-42-45-48-51-54-57-63(72)79-60-62(81-64(73)58-55-52-49-46-43-40-36-27-24-21-18-15-12-9-6-3)61-80-71-69(67(76)66(75)68(83-71)70(77)78)82-65(74)59-56-53-50-47-44-41-38-35-33-31-29-26-23-20-17-14-11-8-5-2/h7,10,16,19,25,28,32,34,39,42,48,51,62,66-69,71,75-76H,4-6,8-9,11-15,17-18,20-24,26-27,29-31,33,35-38,40-41,43-47,49-50,52-61H2,1-3H3,(H,77,78)/b10-7-,19-16-,28-25-,34-32-,42-39-,51-48-. The number of rotatable bonds is 58. The highest BCUT2D eigenvalue weighted by Gasteiger charge is 2.50. The first-order valence-electron chi connectivity index (χ1n) is 33.9. The van der Waals surface area contributed by atoms with E-state index in [9.17, 15) is 34.5 Å². The van der Waals surface area contributed by atoms with Crippen LogP contribution < -0.4 is 0 Å². The average molecular weight is 1170 g/mol. The molecule has 0 aromatic rings. The first kappa shape index (κ1) is 77.2. The van der Waals surface area contributed by atoms with Crippen LogP contribution in [0.25, 0.3) is 0 Å². The van der Waals surface area contributed by atoms with E-state index in [4.69, 9.17) is 23.7 Å². The van der Waals surface area contributed by atoms with Gasteiger partial charge < -0.3 is 39.0 Å². The molecule has 1 aliphatic rings. The summed E-state index contributed by atoms with van der Waals surface area (Å²) in [5.41, 5.74) is 0. The van der Waals surface area contributed by atoms with E-state index in [-0.39, 0.29) is 25.9 Å². The van der Waals surface area contributed by atoms with Gasteiger partial charge in [0.1, 0.15) is 18.8 Å². The Labute approximate surface area is 506 Å². The Hall–Kier alpha value is -3.84. The average Bonchev–Trinajstić information content (AvgIpc) is 3.57. The number of allylic oxidation sites excluding steroid dienone is 12. The summed E-state index contributed by atoms with van der Waals surface area (Å²) in [6.07, 6.45) is 63.0. The fraction of sp³-hybridized carbons (Fsp3) is 0.775. The lowest BCUT2D eigenvalue weighted by Crippen LogP contribution is -2.61. The second kappa shape index (κ2) is 58.5. The third-order valence-corrected chi connectivity index (χ3v) is 15.3. The highest BCUT2D eigenvalue weighted by atomic mass is 16.7. The number of aliphatic hydroxyl groups is 2. The van der Waals surface area contributed by atoms with Crippen LogP contribution in [0.3, 0.4) is 0 Å². The van der Waals surface area contributed by atoms with Gasteiger partial charge in [-0.25, -0.2) is 4.79 Å². The van der Waals surface area contributed by atoms with Crippen LogP contribution in [0.2, 0.25) is 0 Å². The molecule has 6 unspecified atom stereocenters. The van der Waals surface area contributed by atoms with E-state index < -0.39 is 67.3 Å². The molecular formula is C71H122O12. The van der Waals surface area contributed by atoms with Gasteiger partial charge in [0.2, 0.25) is 0 Å². The first-order valence-corrected chi connectivity index (χ1v) is 33.9. The SMILES string of the molecule is CC/C=C\C/C=C\C/C=C\C/C=C\C/C=C\C/C=C\CCC(=O)OCC(COC1OC(C(=O)O)C(O)C(O)C1OC(=O)CCCCCCCCCCCCCCCCCCCCC)OC(=O)CCCCCCCCCCCCCCCCC. The van der Waals surface area contributed by atoms with Crippen molar-refractivity contribution in [2.75, 3.05) is 13.2 Å². The molecule has 12 heteroatoms. The molecule has 0 aliphatic carbocycles. The number of unbranched alkanes of at least 4 members (excludes halogenated alkanes) is 32. The summed E-state index contributed by atoms with van der Waals surface area (Å²) in [6, 6.07) is 0. The Morgan fingerprint density at radius 2 is 0.759 bits per heavy atom. The highest BCUT2D eigenvalue weighted by Crippen LogP contribution is 2.27. The van der Waals surface area contributed by atoms with Gasteiger partial charge in [-0.3, -0.25) is 14.4 Å². The van der Waals surface area contributed by atoms with Gasteiger partial charge in [-0.1, -0.05) is 299 Å². The smallest absolute Gasteiger partial charge is 0.335 e. The number of aliphatic carboxylic acids is 1. The van der Waals surface area contributed by atoms with Crippen molar-refractivity contribution in [1.82, 2.24) is 0 Å². The number of carbonyl (C=O) groups excluding carboxylic acids is 3. The summed E-state index contributed by atoms with van der Waals surface area (Å²) in [6.45, 7) is 5.87. The van der Waals surface area contributed by atoms with E-state index in [1.54, 1.807) is 0 Å². The number of carboxylic acid groups (broad SMARTS) is 1. The normalized spacial score (nSPS) is 18.0. The van der Waals surface area contributed by atoms with Gasteiger partial charge in [-0.15, -0.1) is 0 Å². The van der Waals surface area contributed by atoms with Gasteiger partial charge in [-0.05, 0) is 57.8 Å². The molecule has 1 saturated heterocycles. The highest BCUT2D eigenvalue weighted by molar-refractivity contribution is 5.74. The number of carbonyl (C=O) groups is 4. The molecule has 1 aliphatic heterocycles. The van der Waals surface area contributed by atoms with Crippen molar-refractivity contribution < 1.29 is 58.2 Å². The summed E-state index contributed by atoms with van der Waals surface area (Å²) in [5.74, 6) is -3.20. The Morgan fingerprint density at radius 1 is 0.410 bits per heavy atom. The quantitative estimate of drug-likeness (QED) is 0.0228. The topological polar surface area (TPSA) is 175 Å². The lowest BCUT2D eigenvalue weighted by Gasteiger charge is -2.40. The van der Waals surface area contributed by atoms with Crippen LogP contribution in [0, 0.1) is 0 Å². The number of ether oxygens (including phenoxy) is 5. The molecule has 1 rings (SSSR count). The second-order valence-corrected chi connectivity index (χ2v) is 23.1. The summed E-state index contributed by atoms with van der Waals surface area (Å²) < 4.78 is 28.5. The fourth-order valence-corrected chi connectivity index (χ4v) is 10.2. The number of aliphatic hydroxyl groups excluding tert-OH is 2. The van der Waals surface area contributed by atoms with Crippen LogP contribution in [-0.4, -0.2) is 89.2 Å². The molecule has 0 saturated carbocycles. The molecular weight excluding hydrogens is 1040 g/mol. The van der Waals surface area contributed by atoms with Gasteiger partial charge in [0.25, 0.3) is 0 Å². The minimum Gasteiger partial charge on any atom is -0.479 e. The molecule has 0 aromatic carbocycles. The number of hydrogen-bond acceptors (Lipinski definition) is 11. The minimum absolute atomic E-state index is 0.0569. The molecule has 0 aromatic heterocycles. The maximum atomic E-state index is 13.2. The van der Waals surface area contributed by atoms with Crippen molar-refractivity contribution in [1.29, 1.82) is 0 Å². The zero-order valence-corrected chi connectivity index (χ0v) is 52.9. The van der Waals surface area contributed by atoms with E-state index in [1.165, 1.54) is 161 Å². The Morgan fingerprint density at radius 3 is 1.13 bits per heavy atom. The molecule has 0 radical (unpaired) electrons. The monoisotopic (exact) mass is 1170 g/mol. The van der Waals surface area contributed by atoms with Gasteiger partial charge >= 0.3 is 23.9 Å². The van der Waals surface area contributed by atoms with Gasteiger partial charge in [0.05, 0.1) is 6.61 Å². The number of esters is 3. The Kier molecular flexibility index (Phi) is 54.4. The van der Waals surface area contributed by atoms with Crippen molar-refractivity contribution >= 4 is 23.9 Å². The zero-order chi connectivity index (χ0) is 60.3. The summed E-state index contributed by atoms with van der Waals surface area (Å²) in [5, 5.41) is 31.6. The third kappa shape index (κ3) is 48.0. The first-order chi connectivity index (χ1) is 40.6. The van der Waals surface area contributed by atoms with Gasteiger partial charge in [0.15, 0.2) is 24.6 Å². The van der Waals surface area contributed by atoms with E-state index in [0.717, 1.165) is 83.5 Å². The summed E-state index contributed by atoms with van der Waals surface area (Å²) in [4.78, 5) is 51.4. The lowest BCUT2D eigenvalue weighted by molar-refractivity contribution is -0.301. The molecule has 6 atom stereocenters. The molecule has 478 valence electrons. The summed E-state index contributed by atoms with van der Waals surface area (Å²) in [7, 11) is 0. The largest absolute Gasteiger partial charge is 0.479 e. The lowest BCUT2D eigenvalue weighted by atomic mass is 9.98. The number of hydrogen-bond donors (Lipinski definition) is 3. The predicted octanol–water partition coefficient (Wildman–Crippen LogP) is 18.5. The van der Waals surface area contributed by atoms with Gasteiger partial charge in [-0.2, -0.15) is 0 Å². The molecule has 1 fully saturated rings. The third-order valence-electron chi connectivity index (χ3n) is 15.3.